The SMILES string of the molecule is CC(C)C(NC(=O)c1ccccc1F)C(=O)NCc1cc(Cl)c2c(c1)OCCO2. The second kappa shape index (κ2) is 9.13. The lowest BCUT2D eigenvalue weighted by atomic mass is 10.0. The van der Waals surface area contributed by atoms with E-state index in [4.69, 9.17) is 21.1 Å². The Hall–Kier alpha value is -2.80. The number of hydrogen-bond acceptors (Lipinski definition) is 4. The van der Waals surface area contributed by atoms with Crippen molar-refractivity contribution in [2.45, 2.75) is 26.4 Å². The van der Waals surface area contributed by atoms with Gasteiger partial charge in [0.2, 0.25) is 5.91 Å². The molecule has 1 heterocycles. The van der Waals surface area contributed by atoms with E-state index in [-0.39, 0.29) is 23.9 Å². The summed E-state index contributed by atoms with van der Waals surface area (Å²) in [6, 6.07) is 8.25. The van der Waals surface area contributed by atoms with Gasteiger partial charge in [0.05, 0.1) is 10.6 Å². The van der Waals surface area contributed by atoms with Crippen molar-refractivity contribution in [3.8, 4) is 11.5 Å². The fraction of sp³-hybridized carbons (Fsp3) is 0.333. The van der Waals surface area contributed by atoms with Gasteiger partial charge >= 0.3 is 0 Å². The summed E-state index contributed by atoms with van der Waals surface area (Å²) in [7, 11) is 0. The summed E-state index contributed by atoms with van der Waals surface area (Å²) < 4.78 is 24.9. The Morgan fingerprint density at radius 3 is 2.62 bits per heavy atom. The Balaban J connectivity index is 1.67. The van der Waals surface area contributed by atoms with E-state index in [1.165, 1.54) is 18.2 Å². The minimum absolute atomic E-state index is 0.107. The molecule has 6 nitrogen and oxygen atoms in total. The lowest BCUT2D eigenvalue weighted by Crippen LogP contribution is -2.49. The van der Waals surface area contributed by atoms with Crippen LogP contribution in [0.4, 0.5) is 4.39 Å². The maximum absolute atomic E-state index is 13.8. The lowest BCUT2D eigenvalue weighted by molar-refractivity contribution is -0.124. The zero-order valence-corrected chi connectivity index (χ0v) is 16.9. The van der Waals surface area contributed by atoms with Gasteiger partial charge in [0.25, 0.3) is 5.91 Å². The number of nitrogens with one attached hydrogen (secondary N) is 2. The first kappa shape index (κ1) is 20.9. The Morgan fingerprint density at radius 2 is 1.90 bits per heavy atom. The maximum Gasteiger partial charge on any atom is 0.254 e. The van der Waals surface area contributed by atoms with Crippen molar-refractivity contribution in [1.82, 2.24) is 10.6 Å². The summed E-state index contributed by atoms with van der Waals surface area (Å²) in [5, 5.41) is 5.80. The lowest BCUT2D eigenvalue weighted by Gasteiger charge is -2.23. The van der Waals surface area contributed by atoms with Crippen LogP contribution in [0.25, 0.3) is 0 Å². The van der Waals surface area contributed by atoms with Gasteiger partial charge in [-0.3, -0.25) is 9.59 Å². The molecule has 154 valence electrons. The van der Waals surface area contributed by atoms with Crippen LogP contribution >= 0.6 is 11.6 Å². The average molecular weight is 421 g/mol. The highest BCUT2D eigenvalue weighted by Crippen LogP contribution is 2.38. The fourth-order valence-corrected chi connectivity index (χ4v) is 3.25. The fourth-order valence-electron chi connectivity index (χ4n) is 2.96. The summed E-state index contributed by atoms with van der Waals surface area (Å²) in [5.74, 6) is -0.838. The number of hydrogen-bond donors (Lipinski definition) is 2. The van der Waals surface area contributed by atoms with Gasteiger partial charge in [0, 0.05) is 6.54 Å². The van der Waals surface area contributed by atoms with E-state index < -0.39 is 17.8 Å². The molecule has 2 N–H and O–H groups in total. The molecule has 0 fully saturated rings. The molecule has 2 aromatic carbocycles. The first-order chi connectivity index (χ1) is 13.9. The number of fused-ring (bicyclic) bond motifs is 1. The molecule has 2 aromatic rings. The van der Waals surface area contributed by atoms with Crippen molar-refractivity contribution in [2.24, 2.45) is 5.92 Å². The van der Waals surface area contributed by atoms with E-state index in [1.807, 2.05) is 0 Å². The molecule has 3 rings (SSSR count). The van der Waals surface area contributed by atoms with Crippen LogP contribution in [-0.2, 0) is 11.3 Å². The predicted molar refractivity (Wildman–Crippen MR) is 107 cm³/mol. The second-order valence-electron chi connectivity index (χ2n) is 6.99. The summed E-state index contributed by atoms with van der Waals surface area (Å²) in [6.07, 6.45) is 0. The first-order valence-corrected chi connectivity index (χ1v) is 9.65. The molecule has 0 aliphatic carbocycles. The number of benzene rings is 2. The van der Waals surface area contributed by atoms with E-state index >= 15 is 0 Å². The number of rotatable bonds is 6. The Bertz CT molecular complexity index is 920. The second-order valence-corrected chi connectivity index (χ2v) is 7.40. The van der Waals surface area contributed by atoms with Gasteiger partial charge < -0.3 is 20.1 Å². The Morgan fingerprint density at radius 1 is 1.17 bits per heavy atom. The zero-order chi connectivity index (χ0) is 21.0. The van der Waals surface area contributed by atoms with Gasteiger partial charge in [-0.05, 0) is 35.7 Å². The van der Waals surface area contributed by atoms with Gasteiger partial charge in [0.15, 0.2) is 11.5 Å². The van der Waals surface area contributed by atoms with Crippen molar-refractivity contribution in [2.75, 3.05) is 13.2 Å². The van der Waals surface area contributed by atoms with Crippen LogP contribution in [0.15, 0.2) is 36.4 Å². The number of carbonyl (C=O) groups is 2. The molecule has 1 aliphatic rings. The topological polar surface area (TPSA) is 76.7 Å². The van der Waals surface area contributed by atoms with E-state index in [0.717, 1.165) is 5.56 Å². The normalized spacial score (nSPS) is 13.7. The molecule has 0 saturated heterocycles. The quantitative estimate of drug-likeness (QED) is 0.751. The standard InChI is InChI=1S/C21H22ClFN2O4/c1-12(2)18(25-20(26)14-5-3-4-6-16(14)23)21(27)24-11-13-9-15(22)19-17(10-13)28-7-8-29-19/h3-6,9-10,12,18H,7-8,11H2,1-2H3,(H,24,27)(H,25,26). The maximum atomic E-state index is 13.8. The zero-order valence-electron chi connectivity index (χ0n) is 16.1. The molecule has 1 unspecified atom stereocenters. The highest BCUT2D eigenvalue weighted by Gasteiger charge is 2.26. The molecule has 2 amide bonds. The summed E-state index contributed by atoms with van der Waals surface area (Å²) >= 11 is 6.22. The molecule has 1 aliphatic heterocycles. The van der Waals surface area contributed by atoms with Crippen LogP contribution in [0.3, 0.4) is 0 Å². The minimum Gasteiger partial charge on any atom is -0.486 e. The van der Waals surface area contributed by atoms with Crippen molar-refractivity contribution in [3.63, 3.8) is 0 Å². The summed E-state index contributed by atoms with van der Waals surface area (Å²) in [6.45, 7) is 4.64. The Kier molecular flexibility index (Phi) is 6.59. The van der Waals surface area contributed by atoms with Gasteiger partial charge in [-0.2, -0.15) is 0 Å². The molecule has 0 saturated carbocycles. The van der Waals surface area contributed by atoms with Gasteiger partial charge in [-0.25, -0.2) is 4.39 Å². The predicted octanol–water partition coefficient (Wildman–Crippen LogP) is 3.32. The third-order valence-corrected chi connectivity index (χ3v) is 4.76. The molecule has 0 radical (unpaired) electrons. The molecule has 8 heteroatoms. The van der Waals surface area contributed by atoms with Gasteiger partial charge in [-0.1, -0.05) is 37.6 Å². The van der Waals surface area contributed by atoms with E-state index in [1.54, 1.807) is 32.0 Å². The molecule has 29 heavy (non-hydrogen) atoms. The van der Waals surface area contributed by atoms with Crippen molar-refractivity contribution in [1.29, 1.82) is 0 Å². The van der Waals surface area contributed by atoms with Crippen LogP contribution in [0.5, 0.6) is 11.5 Å². The largest absolute Gasteiger partial charge is 0.486 e. The smallest absolute Gasteiger partial charge is 0.254 e. The van der Waals surface area contributed by atoms with Crippen LogP contribution in [-0.4, -0.2) is 31.1 Å². The molecule has 0 spiro atoms. The average Bonchev–Trinajstić information content (AvgIpc) is 2.70. The first-order valence-electron chi connectivity index (χ1n) is 9.28. The highest BCUT2D eigenvalue weighted by molar-refractivity contribution is 6.32. The summed E-state index contributed by atoms with van der Waals surface area (Å²) in [4.78, 5) is 25.1. The number of ether oxygens (including phenoxy) is 2. The number of carbonyl (C=O) groups excluding carboxylic acids is 2. The molecule has 0 aromatic heterocycles. The van der Waals surface area contributed by atoms with Crippen molar-refractivity contribution < 1.29 is 23.5 Å². The number of amides is 2. The van der Waals surface area contributed by atoms with Crippen LogP contribution < -0.4 is 20.1 Å². The minimum atomic E-state index is -0.824. The Labute approximate surface area is 173 Å². The van der Waals surface area contributed by atoms with Gasteiger partial charge in [-0.15, -0.1) is 0 Å². The van der Waals surface area contributed by atoms with Crippen LogP contribution in [0.2, 0.25) is 5.02 Å². The third kappa shape index (κ3) is 4.98. The molecule has 1 atom stereocenters. The van der Waals surface area contributed by atoms with E-state index in [0.29, 0.717) is 29.7 Å². The van der Waals surface area contributed by atoms with Gasteiger partial charge in [0.1, 0.15) is 25.1 Å². The highest BCUT2D eigenvalue weighted by atomic mass is 35.5. The molecular formula is C21H22ClFN2O4. The molecule has 0 bridgehead atoms. The molecular weight excluding hydrogens is 399 g/mol. The van der Waals surface area contributed by atoms with Crippen LogP contribution in [0, 0.1) is 11.7 Å². The van der Waals surface area contributed by atoms with Crippen molar-refractivity contribution >= 4 is 23.4 Å². The van der Waals surface area contributed by atoms with Crippen LogP contribution in [0.1, 0.15) is 29.8 Å². The monoisotopic (exact) mass is 420 g/mol. The van der Waals surface area contributed by atoms with E-state index in [2.05, 4.69) is 10.6 Å². The summed E-state index contributed by atoms with van der Waals surface area (Å²) in [5.41, 5.74) is 0.625. The third-order valence-electron chi connectivity index (χ3n) is 4.48. The number of halogens is 2. The van der Waals surface area contributed by atoms with Crippen molar-refractivity contribution in [3.05, 3.63) is 58.4 Å². The van der Waals surface area contributed by atoms with E-state index in [9.17, 15) is 14.0 Å².